The van der Waals surface area contributed by atoms with Crippen LogP contribution in [0.5, 0.6) is 0 Å². The number of carbonyl (C=O) groups is 1. The third-order valence-corrected chi connectivity index (χ3v) is 4.57. The average molecular weight is 305 g/mol. The lowest BCUT2D eigenvalue weighted by Crippen LogP contribution is -2.33. The summed E-state index contributed by atoms with van der Waals surface area (Å²) in [4.78, 5) is 13.1. The van der Waals surface area contributed by atoms with Gasteiger partial charge in [0, 0.05) is 18.8 Å². The molecule has 2 aromatic heterocycles. The first-order valence-electron chi connectivity index (χ1n) is 7.18. The van der Waals surface area contributed by atoms with Crippen molar-refractivity contribution < 1.29 is 9.53 Å². The summed E-state index contributed by atoms with van der Waals surface area (Å²) in [5.74, 6) is 0.112. The third kappa shape index (κ3) is 3.33. The zero-order chi connectivity index (χ0) is 14.7. The highest BCUT2D eigenvalue weighted by Gasteiger charge is 2.22. The number of rotatable bonds is 5. The van der Waals surface area contributed by atoms with Crippen molar-refractivity contribution in [2.75, 3.05) is 19.8 Å². The van der Waals surface area contributed by atoms with Gasteiger partial charge in [-0.1, -0.05) is 6.07 Å². The number of ether oxygens (including phenoxy) is 1. The van der Waals surface area contributed by atoms with E-state index in [1.807, 2.05) is 23.1 Å². The van der Waals surface area contributed by atoms with Crippen LogP contribution in [-0.4, -0.2) is 35.4 Å². The molecule has 0 aromatic carbocycles. The van der Waals surface area contributed by atoms with E-state index in [0.717, 1.165) is 17.8 Å². The van der Waals surface area contributed by atoms with Crippen LogP contribution in [0.2, 0.25) is 0 Å². The summed E-state index contributed by atoms with van der Waals surface area (Å²) in [6.45, 7) is 4.57. The molecule has 1 atom stereocenters. The average Bonchev–Trinajstić information content (AvgIpc) is 3.20. The molecule has 1 saturated heterocycles. The molecule has 21 heavy (non-hydrogen) atoms. The van der Waals surface area contributed by atoms with Crippen molar-refractivity contribution in [3.8, 4) is 10.6 Å². The molecular formula is C15H19N3O2S. The fourth-order valence-electron chi connectivity index (χ4n) is 2.45. The standard InChI is InChI=1S/C15H19N3O2S/c1-11-9-13(14-3-2-8-21-14)17-18(11)6-5-16-15(19)12-4-7-20-10-12/h2-3,8-9,12H,4-7,10H2,1H3,(H,16,19). The fraction of sp³-hybridized carbons (Fsp3) is 0.467. The molecule has 2 aromatic rings. The van der Waals surface area contributed by atoms with Crippen LogP contribution in [0.1, 0.15) is 12.1 Å². The Morgan fingerprint density at radius 2 is 2.52 bits per heavy atom. The molecular weight excluding hydrogens is 286 g/mol. The minimum Gasteiger partial charge on any atom is -0.381 e. The number of thiophene rings is 1. The molecule has 0 radical (unpaired) electrons. The highest BCUT2D eigenvalue weighted by atomic mass is 32.1. The third-order valence-electron chi connectivity index (χ3n) is 3.68. The molecule has 112 valence electrons. The van der Waals surface area contributed by atoms with Crippen molar-refractivity contribution in [3.05, 3.63) is 29.3 Å². The molecule has 1 unspecified atom stereocenters. The molecule has 0 aliphatic carbocycles. The lowest BCUT2D eigenvalue weighted by molar-refractivity contribution is -0.124. The van der Waals surface area contributed by atoms with Crippen LogP contribution in [0.3, 0.4) is 0 Å². The van der Waals surface area contributed by atoms with Crippen LogP contribution in [0.4, 0.5) is 0 Å². The number of aryl methyl sites for hydroxylation is 1. The molecule has 6 heteroatoms. The summed E-state index contributed by atoms with van der Waals surface area (Å²) in [6.07, 6.45) is 0.829. The molecule has 1 amide bonds. The van der Waals surface area contributed by atoms with E-state index in [2.05, 4.69) is 22.5 Å². The fourth-order valence-corrected chi connectivity index (χ4v) is 3.13. The van der Waals surface area contributed by atoms with Gasteiger partial charge in [0.1, 0.15) is 5.69 Å². The summed E-state index contributed by atoms with van der Waals surface area (Å²) < 4.78 is 7.17. The Hall–Kier alpha value is -1.66. The van der Waals surface area contributed by atoms with Gasteiger partial charge in [-0.3, -0.25) is 9.48 Å². The Balaban J connectivity index is 1.54. The summed E-state index contributed by atoms with van der Waals surface area (Å²) in [5, 5.41) is 9.61. The monoisotopic (exact) mass is 305 g/mol. The van der Waals surface area contributed by atoms with Crippen LogP contribution in [0.25, 0.3) is 10.6 Å². The second-order valence-electron chi connectivity index (χ2n) is 5.22. The molecule has 1 fully saturated rings. The van der Waals surface area contributed by atoms with Gasteiger partial charge in [-0.25, -0.2) is 0 Å². The van der Waals surface area contributed by atoms with Gasteiger partial charge >= 0.3 is 0 Å². The van der Waals surface area contributed by atoms with E-state index >= 15 is 0 Å². The second kappa shape index (κ2) is 6.41. The Labute approximate surface area is 127 Å². The van der Waals surface area contributed by atoms with Gasteiger partial charge in [0.2, 0.25) is 5.91 Å². The first kappa shape index (κ1) is 14.3. The van der Waals surface area contributed by atoms with Gasteiger partial charge in [0.15, 0.2) is 0 Å². The van der Waals surface area contributed by atoms with Gasteiger partial charge < -0.3 is 10.1 Å². The lowest BCUT2D eigenvalue weighted by atomic mass is 10.1. The molecule has 1 aliphatic rings. The minimum absolute atomic E-state index is 0.0189. The lowest BCUT2D eigenvalue weighted by Gasteiger charge is -2.10. The van der Waals surface area contributed by atoms with E-state index in [1.165, 1.54) is 4.88 Å². The number of nitrogens with zero attached hydrogens (tertiary/aromatic N) is 2. The van der Waals surface area contributed by atoms with Crippen LogP contribution >= 0.6 is 11.3 Å². The Kier molecular flexibility index (Phi) is 4.36. The maximum Gasteiger partial charge on any atom is 0.225 e. The maximum atomic E-state index is 11.9. The van der Waals surface area contributed by atoms with Crippen LogP contribution in [-0.2, 0) is 16.1 Å². The van der Waals surface area contributed by atoms with Crippen LogP contribution in [0, 0.1) is 12.8 Å². The zero-order valence-electron chi connectivity index (χ0n) is 12.0. The number of aromatic nitrogens is 2. The van der Waals surface area contributed by atoms with Crippen molar-refractivity contribution >= 4 is 17.2 Å². The van der Waals surface area contributed by atoms with E-state index in [1.54, 1.807) is 11.3 Å². The Morgan fingerprint density at radius 1 is 1.62 bits per heavy atom. The molecule has 0 bridgehead atoms. The van der Waals surface area contributed by atoms with E-state index in [9.17, 15) is 4.79 Å². The van der Waals surface area contributed by atoms with Crippen molar-refractivity contribution in [1.29, 1.82) is 0 Å². The van der Waals surface area contributed by atoms with Crippen molar-refractivity contribution in [1.82, 2.24) is 15.1 Å². The first-order valence-corrected chi connectivity index (χ1v) is 8.06. The molecule has 3 heterocycles. The van der Waals surface area contributed by atoms with Gasteiger partial charge in [-0.05, 0) is 30.9 Å². The van der Waals surface area contributed by atoms with E-state index < -0.39 is 0 Å². The zero-order valence-corrected chi connectivity index (χ0v) is 12.9. The summed E-state index contributed by atoms with van der Waals surface area (Å²) >= 11 is 1.68. The van der Waals surface area contributed by atoms with Crippen molar-refractivity contribution in [3.63, 3.8) is 0 Å². The number of carbonyl (C=O) groups excluding carboxylic acids is 1. The molecule has 1 aliphatic heterocycles. The van der Waals surface area contributed by atoms with E-state index in [4.69, 9.17) is 4.74 Å². The highest BCUT2D eigenvalue weighted by Crippen LogP contribution is 2.23. The SMILES string of the molecule is Cc1cc(-c2cccs2)nn1CCNC(=O)C1CCOC1. The van der Waals surface area contributed by atoms with Gasteiger partial charge in [0.05, 0.1) is 23.9 Å². The molecule has 1 N–H and O–H groups in total. The van der Waals surface area contributed by atoms with Crippen molar-refractivity contribution in [2.45, 2.75) is 19.9 Å². The molecule has 0 spiro atoms. The van der Waals surface area contributed by atoms with E-state index in [-0.39, 0.29) is 11.8 Å². The molecule has 3 rings (SSSR count). The quantitative estimate of drug-likeness (QED) is 0.920. The van der Waals surface area contributed by atoms with Gasteiger partial charge in [-0.2, -0.15) is 5.10 Å². The predicted molar refractivity (Wildman–Crippen MR) is 82.2 cm³/mol. The summed E-state index contributed by atoms with van der Waals surface area (Å²) in [6, 6.07) is 6.18. The van der Waals surface area contributed by atoms with Crippen LogP contribution in [0.15, 0.2) is 23.6 Å². The normalized spacial score (nSPS) is 18.0. The number of hydrogen-bond acceptors (Lipinski definition) is 4. The highest BCUT2D eigenvalue weighted by molar-refractivity contribution is 7.13. The summed E-state index contributed by atoms with van der Waals surface area (Å²) in [5.41, 5.74) is 2.11. The maximum absolute atomic E-state index is 11.9. The molecule has 5 nitrogen and oxygen atoms in total. The Morgan fingerprint density at radius 3 is 3.24 bits per heavy atom. The number of nitrogens with one attached hydrogen (secondary N) is 1. The van der Waals surface area contributed by atoms with Gasteiger partial charge in [-0.15, -0.1) is 11.3 Å². The predicted octanol–water partition coefficient (Wildman–Crippen LogP) is 2.07. The smallest absolute Gasteiger partial charge is 0.225 e. The molecule has 0 saturated carbocycles. The van der Waals surface area contributed by atoms with Gasteiger partial charge in [0.25, 0.3) is 0 Å². The topological polar surface area (TPSA) is 56.2 Å². The number of hydrogen-bond donors (Lipinski definition) is 1. The second-order valence-corrected chi connectivity index (χ2v) is 6.17. The summed E-state index contributed by atoms with van der Waals surface area (Å²) in [7, 11) is 0. The van der Waals surface area contributed by atoms with Crippen molar-refractivity contribution in [2.24, 2.45) is 5.92 Å². The number of amides is 1. The van der Waals surface area contributed by atoms with E-state index in [0.29, 0.717) is 26.3 Å². The minimum atomic E-state index is 0.0189. The first-order chi connectivity index (χ1) is 10.2. The largest absolute Gasteiger partial charge is 0.381 e. The van der Waals surface area contributed by atoms with Crippen LogP contribution < -0.4 is 5.32 Å². The Bertz CT molecular complexity index is 600.